The Kier molecular flexibility index (Phi) is 6.22. The van der Waals surface area contributed by atoms with E-state index in [1.807, 2.05) is 0 Å². The molecule has 2 rings (SSSR count). The van der Waals surface area contributed by atoms with E-state index in [0.717, 1.165) is 11.8 Å². The third kappa shape index (κ3) is 4.40. The first-order valence-corrected chi connectivity index (χ1v) is 8.55. The zero-order chi connectivity index (χ0) is 18.6. The maximum Gasteiger partial charge on any atom is 0.266 e. The molecule has 0 aliphatic carbocycles. The van der Waals surface area contributed by atoms with E-state index in [4.69, 9.17) is 17.0 Å². The lowest BCUT2D eigenvalue weighted by Crippen LogP contribution is -2.33. The molecule has 0 spiro atoms. The molecule has 0 saturated carbocycles. The largest absolute Gasteiger partial charge is 0.550 e. The Morgan fingerprint density at radius 1 is 1.52 bits per heavy atom. The minimum Gasteiger partial charge on any atom is -0.550 e. The van der Waals surface area contributed by atoms with Crippen molar-refractivity contribution in [2.45, 2.75) is 12.8 Å². The number of hydrogen-bond acceptors (Lipinski definition) is 7. The topological polar surface area (TPSA) is 89.9 Å². The quantitative estimate of drug-likeness (QED) is 0.436. The highest BCUT2D eigenvalue weighted by atomic mass is 32.2. The number of carboxylic acids is 1. The number of rotatable bonds is 7. The third-order valence-corrected chi connectivity index (χ3v) is 4.85. The molecule has 0 atom stereocenters. The summed E-state index contributed by atoms with van der Waals surface area (Å²) in [6, 6.07) is 3.34. The molecular weight excluding hydrogens is 362 g/mol. The molecule has 1 amide bonds. The molecule has 1 heterocycles. The summed E-state index contributed by atoms with van der Waals surface area (Å²) < 4.78 is 5.46. The number of allylic oxidation sites excluding steroid dienone is 1. The number of carboxylic acid groups (broad SMARTS) is 1. The van der Waals surface area contributed by atoms with Crippen molar-refractivity contribution in [2.24, 2.45) is 0 Å². The summed E-state index contributed by atoms with van der Waals surface area (Å²) in [6.45, 7) is 3.63. The molecule has 1 fully saturated rings. The van der Waals surface area contributed by atoms with Crippen LogP contribution in [-0.4, -0.2) is 39.9 Å². The van der Waals surface area contributed by atoms with Gasteiger partial charge in [0.25, 0.3) is 5.91 Å². The van der Waals surface area contributed by atoms with Crippen LogP contribution in [0.5, 0.6) is 11.5 Å². The fourth-order valence-corrected chi connectivity index (χ4v) is 3.60. The Balaban J connectivity index is 2.32. The monoisotopic (exact) mass is 378 g/mol. The number of benzene rings is 1. The van der Waals surface area contributed by atoms with Gasteiger partial charge in [-0.05, 0) is 30.2 Å². The Bertz CT molecular complexity index is 773. The number of thioether (sulfide) groups is 1. The summed E-state index contributed by atoms with van der Waals surface area (Å²) in [4.78, 5) is 24.6. The lowest BCUT2D eigenvalue weighted by molar-refractivity contribution is -0.305. The zero-order valence-corrected chi connectivity index (χ0v) is 15.1. The van der Waals surface area contributed by atoms with Crippen molar-refractivity contribution in [1.29, 1.82) is 0 Å². The minimum atomic E-state index is -1.24. The molecule has 8 heteroatoms. The molecule has 1 aliphatic heterocycles. The summed E-state index contributed by atoms with van der Waals surface area (Å²) in [5, 5.41) is 20.7. The van der Waals surface area contributed by atoms with Gasteiger partial charge in [0.2, 0.25) is 0 Å². The van der Waals surface area contributed by atoms with Gasteiger partial charge in [0.05, 0.1) is 12.0 Å². The first kappa shape index (κ1) is 19.0. The molecule has 1 aromatic carbocycles. The molecule has 132 valence electrons. The van der Waals surface area contributed by atoms with Crippen LogP contribution in [0.15, 0.2) is 29.7 Å². The van der Waals surface area contributed by atoms with Gasteiger partial charge in [-0.15, -0.1) is 6.58 Å². The van der Waals surface area contributed by atoms with Crippen LogP contribution in [0.4, 0.5) is 0 Å². The first-order valence-electron chi connectivity index (χ1n) is 7.33. The van der Waals surface area contributed by atoms with Gasteiger partial charge in [-0.25, -0.2) is 0 Å². The molecule has 6 nitrogen and oxygen atoms in total. The maximum atomic E-state index is 12.4. The predicted molar refractivity (Wildman–Crippen MR) is 98.1 cm³/mol. The second-order valence-corrected chi connectivity index (χ2v) is 6.85. The molecular formula is C17H16NO5S2-. The summed E-state index contributed by atoms with van der Waals surface area (Å²) in [5.41, 5.74) is 1.28. The normalized spacial score (nSPS) is 15.7. The SMILES string of the molecule is C=CCc1cc(/C=C2/SC(=S)N(CCC(=O)[O-])C2=O)cc(OC)c1O. The van der Waals surface area contributed by atoms with Crippen molar-refractivity contribution >= 4 is 46.3 Å². The highest BCUT2D eigenvalue weighted by Crippen LogP contribution is 2.36. The molecule has 1 saturated heterocycles. The Labute approximate surface area is 154 Å². The van der Waals surface area contributed by atoms with Gasteiger partial charge in [-0.3, -0.25) is 9.69 Å². The van der Waals surface area contributed by atoms with E-state index in [9.17, 15) is 19.8 Å². The predicted octanol–water partition coefficient (Wildman–Crippen LogP) is 1.47. The van der Waals surface area contributed by atoms with Gasteiger partial charge in [-0.2, -0.15) is 0 Å². The number of thiocarbonyl (C=S) groups is 1. The van der Waals surface area contributed by atoms with E-state index < -0.39 is 5.97 Å². The molecule has 0 aromatic heterocycles. The number of carbonyl (C=O) groups excluding carboxylic acids is 2. The number of methoxy groups -OCH3 is 1. The minimum absolute atomic E-state index is 0.0229. The highest BCUT2D eigenvalue weighted by molar-refractivity contribution is 8.26. The van der Waals surface area contributed by atoms with E-state index in [1.54, 1.807) is 24.3 Å². The molecule has 0 bridgehead atoms. The number of nitrogens with zero attached hydrogens (tertiary/aromatic N) is 1. The van der Waals surface area contributed by atoms with Crippen LogP contribution < -0.4 is 9.84 Å². The number of ether oxygens (including phenoxy) is 1. The van der Waals surface area contributed by atoms with Crippen molar-refractivity contribution < 1.29 is 24.5 Å². The molecule has 1 aliphatic rings. The number of aliphatic carboxylic acids is 1. The smallest absolute Gasteiger partial charge is 0.266 e. The molecule has 25 heavy (non-hydrogen) atoms. The van der Waals surface area contributed by atoms with Crippen molar-refractivity contribution in [3.8, 4) is 11.5 Å². The van der Waals surface area contributed by atoms with E-state index in [0.29, 0.717) is 26.8 Å². The molecule has 1 N–H and O–H groups in total. The van der Waals surface area contributed by atoms with Crippen LogP contribution in [-0.2, 0) is 16.0 Å². The van der Waals surface area contributed by atoms with Crippen molar-refractivity contribution in [1.82, 2.24) is 4.90 Å². The molecule has 0 unspecified atom stereocenters. The summed E-state index contributed by atoms with van der Waals surface area (Å²) >= 11 is 6.23. The van der Waals surface area contributed by atoms with E-state index >= 15 is 0 Å². The maximum absolute atomic E-state index is 12.4. The van der Waals surface area contributed by atoms with Gasteiger partial charge in [0.1, 0.15) is 4.32 Å². The Morgan fingerprint density at radius 3 is 2.84 bits per heavy atom. The van der Waals surface area contributed by atoms with Crippen LogP contribution in [0.2, 0.25) is 0 Å². The second-order valence-electron chi connectivity index (χ2n) is 5.18. The standard InChI is InChI=1S/C17H17NO5S2/c1-3-4-11-7-10(8-12(23-2)15(11)21)9-13-16(22)18(17(24)25-13)6-5-14(19)20/h3,7-9,21H,1,4-6H2,2H3,(H,19,20)/p-1/b13-9+. The molecule has 1 aromatic rings. The highest BCUT2D eigenvalue weighted by Gasteiger charge is 2.31. The summed E-state index contributed by atoms with van der Waals surface area (Å²) in [7, 11) is 1.44. The Hall–Kier alpha value is -2.32. The third-order valence-electron chi connectivity index (χ3n) is 3.47. The summed E-state index contributed by atoms with van der Waals surface area (Å²) in [6.07, 6.45) is 3.44. The number of phenols is 1. The van der Waals surface area contributed by atoms with Gasteiger partial charge in [0.15, 0.2) is 11.5 Å². The Morgan fingerprint density at radius 2 is 2.24 bits per heavy atom. The average Bonchev–Trinajstić information content (AvgIpc) is 2.82. The first-order chi connectivity index (χ1) is 11.9. The molecule has 0 radical (unpaired) electrons. The number of amides is 1. The van der Waals surface area contributed by atoms with E-state index in [1.165, 1.54) is 12.0 Å². The van der Waals surface area contributed by atoms with Gasteiger partial charge >= 0.3 is 0 Å². The van der Waals surface area contributed by atoms with Crippen molar-refractivity contribution in [2.75, 3.05) is 13.7 Å². The number of phenolic OH excluding ortho intramolecular Hbond substituents is 1. The van der Waals surface area contributed by atoms with Crippen molar-refractivity contribution in [3.63, 3.8) is 0 Å². The number of aromatic hydroxyl groups is 1. The van der Waals surface area contributed by atoms with E-state index in [2.05, 4.69) is 6.58 Å². The fraction of sp³-hybridized carbons (Fsp3) is 0.235. The lowest BCUT2D eigenvalue weighted by Gasteiger charge is -2.14. The van der Waals surface area contributed by atoms with Gasteiger partial charge in [-0.1, -0.05) is 30.1 Å². The van der Waals surface area contributed by atoms with Crippen LogP contribution in [0.25, 0.3) is 6.08 Å². The second kappa shape index (κ2) is 8.17. The van der Waals surface area contributed by atoms with Gasteiger partial charge < -0.3 is 19.7 Å². The van der Waals surface area contributed by atoms with E-state index in [-0.39, 0.29) is 30.4 Å². The van der Waals surface area contributed by atoms with Crippen LogP contribution in [0.3, 0.4) is 0 Å². The van der Waals surface area contributed by atoms with Crippen LogP contribution >= 0.6 is 24.0 Å². The van der Waals surface area contributed by atoms with Crippen LogP contribution in [0.1, 0.15) is 17.5 Å². The average molecular weight is 378 g/mol. The number of hydrogen-bond donors (Lipinski definition) is 1. The number of carbonyl (C=O) groups is 2. The van der Waals surface area contributed by atoms with Crippen molar-refractivity contribution in [3.05, 3.63) is 40.8 Å². The van der Waals surface area contributed by atoms with Crippen LogP contribution in [0, 0.1) is 0 Å². The lowest BCUT2D eigenvalue weighted by atomic mass is 10.1. The zero-order valence-electron chi connectivity index (χ0n) is 13.5. The fourth-order valence-electron chi connectivity index (χ4n) is 2.29. The van der Waals surface area contributed by atoms with Gasteiger partial charge in [0, 0.05) is 24.5 Å². The summed E-state index contributed by atoms with van der Waals surface area (Å²) in [5.74, 6) is -1.27.